The average Bonchev–Trinajstić information content (AvgIpc) is 2.84. The second-order valence-electron chi connectivity index (χ2n) is 7.08. The van der Waals surface area contributed by atoms with E-state index in [1.54, 1.807) is 24.3 Å². The molecule has 3 aromatic carbocycles. The van der Waals surface area contributed by atoms with Crippen LogP contribution in [0.1, 0.15) is 22.3 Å². The lowest BCUT2D eigenvalue weighted by molar-refractivity contribution is -0.145. The third-order valence-electron chi connectivity index (χ3n) is 4.87. The molecule has 2 unspecified atom stereocenters. The summed E-state index contributed by atoms with van der Waals surface area (Å²) in [7, 11) is 1.29. The highest BCUT2D eigenvalue weighted by Crippen LogP contribution is 2.20. The number of hydrogen-bond acceptors (Lipinski definition) is 5. The van der Waals surface area contributed by atoms with Crippen molar-refractivity contribution in [3.63, 3.8) is 0 Å². The largest absolute Gasteiger partial charge is 0.491 e. The quantitative estimate of drug-likeness (QED) is 0.256. The molecular formula is C26H26O5. The Labute approximate surface area is 182 Å². The molecular weight excluding hydrogens is 392 g/mol. The highest BCUT2D eigenvalue weighted by molar-refractivity contribution is 6.08. The van der Waals surface area contributed by atoms with Crippen molar-refractivity contribution in [3.05, 3.63) is 102 Å². The van der Waals surface area contributed by atoms with E-state index < -0.39 is 18.0 Å². The van der Waals surface area contributed by atoms with Gasteiger partial charge in [0.2, 0.25) is 0 Å². The van der Waals surface area contributed by atoms with Gasteiger partial charge in [0.05, 0.1) is 19.8 Å². The zero-order valence-electron chi connectivity index (χ0n) is 17.5. The number of rotatable bonds is 11. The maximum absolute atomic E-state index is 13.0. The van der Waals surface area contributed by atoms with Crippen LogP contribution in [0.4, 0.5) is 0 Å². The van der Waals surface area contributed by atoms with E-state index in [0.29, 0.717) is 17.9 Å². The summed E-state index contributed by atoms with van der Waals surface area (Å²) in [6, 6.07) is 27.8. The summed E-state index contributed by atoms with van der Waals surface area (Å²) < 4.78 is 16.9. The van der Waals surface area contributed by atoms with Gasteiger partial charge in [0.15, 0.2) is 5.78 Å². The van der Waals surface area contributed by atoms with Crippen molar-refractivity contribution in [2.75, 3.05) is 13.7 Å². The number of para-hydroxylation sites is 1. The lowest BCUT2D eigenvalue weighted by Gasteiger charge is -2.22. The van der Waals surface area contributed by atoms with Crippen molar-refractivity contribution in [3.8, 4) is 5.75 Å². The van der Waals surface area contributed by atoms with E-state index in [2.05, 4.69) is 0 Å². The molecule has 0 aliphatic heterocycles. The van der Waals surface area contributed by atoms with Gasteiger partial charge in [-0.2, -0.15) is 0 Å². The number of carbonyl (C=O) groups excluding carboxylic acids is 2. The minimum atomic E-state index is -0.979. The second-order valence-corrected chi connectivity index (χ2v) is 7.08. The zero-order chi connectivity index (χ0) is 21.9. The van der Waals surface area contributed by atoms with Gasteiger partial charge in [-0.3, -0.25) is 9.59 Å². The van der Waals surface area contributed by atoms with E-state index in [4.69, 9.17) is 14.2 Å². The van der Waals surface area contributed by atoms with Crippen molar-refractivity contribution in [1.29, 1.82) is 0 Å². The van der Waals surface area contributed by atoms with E-state index in [1.165, 1.54) is 7.11 Å². The first-order chi connectivity index (χ1) is 15.2. The number of methoxy groups -OCH3 is 1. The molecule has 0 amide bonds. The fourth-order valence-electron chi connectivity index (χ4n) is 3.20. The van der Waals surface area contributed by atoms with Crippen molar-refractivity contribution < 1.29 is 23.8 Å². The van der Waals surface area contributed by atoms with Crippen LogP contribution < -0.4 is 4.74 Å². The maximum Gasteiger partial charge on any atom is 0.316 e. The maximum atomic E-state index is 13.0. The van der Waals surface area contributed by atoms with Crippen LogP contribution in [0.2, 0.25) is 0 Å². The Hall–Kier alpha value is -3.44. The van der Waals surface area contributed by atoms with E-state index >= 15 is 0 Å². The second kappa shape index (κ2) is 11.7. The monoisotopic (exact) mass is 418 g/mol. The first-order valence-electron chi connectivity index (χ1n) is 10.2. The third kappa shape index (κ3) is 6.79. The van der Waals surface area contributed by atoms with Gasteiger partial charge < -0.3 is 14.2 Å². The first-order valence-corrected chi connectivity index (χ1v) is 10.2. The molecule has 3 aromatic rings. The van der Waals surface area contributed by atoms with Gasteiger partial charge in [-0.05, 0) is 24.1 Å². The van der Waals surface area contributed by atoms with Crippen LogP contribution in [0.25, 0.3) is 0 Å². The third-order valence-corrected chi connectivity index (χ3v) is 4.87. The predicted molar refractivity (Wildman–Crippen MR) is 118 cm³/mol. The Morgan fingerprint density at radius 3 is 2.00 bits per heavy atom. The molecule has 0 bridgehead atoms. The molecule has 0 fully saturated rings. The predicted octanol–water partition coefficient (Wildman–Crippen LogP) is 4.71. The summed E-state index contributed by atoms with van der Waals surface area (Å²) in [5, 5.41) is 0. The van der Waals surface area contributed by atoms with E-state index in [0.717, 1.165) is 5.56 Å². The minimum Gasteiger partial charge on any atom is -0.491 e. The molecule has 3 rings (SSSR count). The van der Waals surface area contributed by atoms with Crippen molar-refractivity contribution >= 4 is 11.8 Å². The number of ether oxygens (including phenoxy) is 3. The molecule has 0 aliphatic rings. The molecule has 5 heteroatoms. The summed E-state index contributed by atoms with van der Waals surface area (Å²) in [5.41, 5.74) is 1.46. The molecule has 0 N–H and O–H groups in total. The normalized spacial score (nSPS) is 12.5. The molecule has 5 nitrogen and oxygen atoms in total. The van der Waals surface area contributed by atoms with Crippen LogP contribution >= 0.6 is 0 Å². The molecule has 0 saturated heterocycles. The highest BCUT2D eigenvalue weighted by atomic mass is 16.5. The summed E-state index contributed by atoms with van der Waals surface area (Å²) in [6.45, 7) is 0.545. The summed E-state index contributed by atoms with van der Waals surface area (Å²) >= 11 is 0. The Morgan fingerprint density at radius 2 is 1.39 bits per heavy atom. The minimum absolute atomic E-state index is 0.153. The van der Waals surface area contributed by atoms with Crippen molar-refractivity contribution in [2.45, 2.75) is 19.1 Å². The molecule has 160 valence electrons. The van der Waals surface area contributed by atoms with Gasteiger partial charge >= 0.3 is 5.97 Å². The number of carbonyl (C=O) groups is 2. The van der Waals surface area contributed by atoms with Gasteiger partial charge in [0.1, 0.15) is 18.3 Å². The number of benzene rings is 3. The van der Waals surface area contributed by atoms with Gasteiger partial charge in [-0.15, -0.1) is 0 Å². The highest BCUT2D eigenvalue weighted by Gasteiger charge is 2.32. The van der Waals surface area contributed by atoms with Crippen LogP contribution in [0, 0.1) is 5.92 Å². The lowest BCUT2D eigenvalue weighted by atomic mass is 9.92. The van der Waals surface area contributed by atoms with Gasteiger partial charge in [-0.1, -0.05) is 78.9 Å². The SMILES string of the molecule is COC(=O)C(CC(COc1ccccc1)OCc1ccccc1)C(=O)c1ccccc1. The van der Waals surface area contributed by atoms with Crippen LogP contribution in [0.5, 0.6) is 5.75 Å². The molecule has 0 radical (unpaired) electrons. The van der Waals surface area contributed by atoms with Gasteiger partial charge in [0, 0.05) is 5.56 Å². The van der Waals surface area contributed by atoms with E-state index in [1.807, 2.05) is 66.7 Å². The summed E-state index contributed by atoms with van der Waals surface area (Å²) in [5.74, 6) is -1.16. The molecule has 0 saturated carbocycles. The Morgan fingerprint density at radius 1 is 0.806 bits per heavy atom. The topological polar surface area (TPSA) is 61.8 Å². The van der Waals surface area contributed by atoms with Crippen LogP contribution in [0.3, 0.4) is 0 Å². The van der Waals surface area contributed by atoms with Crippen molar-refractivity contribution in [2.24, 2.45) is 5.92 Å². The zero-order valence-corrected chi connectivity index (χ0v) is 17.5. The Balaban J connectivity index is 1.75. The molecule has 2 atom stereocenters. The van der Waals surface area contributed by atoms with Crippen LogP contribution in [-0.4, -0.2) is 31.6 Å². The first kappa shape index (κ1) is 22.2. The van der Waals surface area contributed by atoms with E-state index in [-0.39, 0.29) is 18.8 Å². The average molecular weight is 418 g/mol. The lowest BCUT2D eigenvalue weighted by Crippen LogP contribution is -2.33. The Bertz CT molecular complexity index is 898. The number of ketones is 1. The summed E-state index contributed by atoms with van der Waals surface area (Å²) in [6.07, 6.45) is -0.336. The van der Waals surface area contributed by atoms with Gasteiger partial charge in [0.25, 0.3) is 0 Å². The molecule has 0 aromatic heterocycles. The number of esters is 1. The smallest absolute Gasteiger partial charge is 0.316 e. The standard InChI is InChI=1S/C26H26O5/c1-29-26(28)24(25(27)21-13-7-3-8-14-21)17-23(19-31-22-15-9-4-10-16-22)30-18-20-11-5-2-6-12-20/h2-16,23-24H,17-19H2,1H3. The van der Waals surface area contributed by atoms with Crippen molar-refractivity contribution in [1.82, 2.24) is 0 Å². The van der Waals surface area contributed by atoms with Gasteiger partial charge in [-0.25, -0.2) is 0 Å². The fourth-order valence-corrected chi connectivity index (χ4v) is 3.20. The number of Topliss-reactive ketones (excluding diaryl/α,β-unsaturated/α-hetero) is 1. The fraction of sp³-hybridized carbons (Fsp3) is 0.231. The van der Waals surface area contributed by atoms with Crippen LogP contribution in [0.15, 0.2) is 91.0 Å². The molecule has 0 spiro atoms. The Kier molecular flexibility index (Phi) is 8.38. The molecule has 0 aliphatic carbocycles. The number of hydrogen-bond donors (Lipinski definition) is 0. The summed E-state index contributed by atoms with van der Waals surface area (Å²) in [4.78, 5) is 25.5. The van der Waals surface area contributed by atoms with Crippen LogP contribution in [-0.2, 0) is 20.9 Å². The molecule has 0 heterocycles. The van der Waals surface area contributed by atoms with E-state index in [9.17, 15) is 9.59 Å². The molecule has 31 heavy (non-hydrogen) atoms.